The number of methoxy groups -OCH3 is 2. The van der Waals surface area contributed by atoms with Crippen LogP contribution in [0.1, 0.15) is 24.0 Å². The fourth-order valence-electron chi connectivity index (χ4n) is 3.17. The van der Waals surface area contributed by atoms with E-state index in [1.807, 2.05) is 0 Å². The first-order chi connectivity index (χ1) is 14.3. The van der Waals surface area contributed by atoms with Crippen LogP contribution in [-0.4, -0.2) is 40.7 Å². The van der Waals surface area contributed by atoms with Crippen molar-refractivity contribution in [3.63, 3.8) is 0 Å². The van der Waals surface area contributed by atoms with E-state index in [0.717, 1.165) is 11.1 Å². The van der Waals surface area contributed by atoms with E-state index in [1.54, 1.807) is 18.2 Å². The summed E-state index contributed by atoms with van der Waals surface area (Å²) in [7, 11) is 3.02. The molecule has 3 rings (SSSR count). The molecule has 11 heteroatoms. The van der Waals surface area contributed by atoms with Gasteiger partial charge in [0.1, 0.15) is 0 Å². The molecule has 1 amide bonds. The molecular formula is C19H18N4O7. The number of hydrogen-bond acceptors (Lipinski definition) is 8. The predicted molar refractivity (Wildman–Crippen MR) is 106 cm³/mol. The topological polar surface area (TPSA) is 137 Å². The summed E-state index contributed by atoms with van der Waals surface area (Å²) in [6, 6.07) is 8.97. The predicted octanol–water partition coefficient (Wildman–Crippen LogP) is 3.05. The highest BCUT2D eigenvalue weighted by atomic mass is 16.6. The van der Waals surface area contributed by atoms with Crippen molar-refractivity contribution >= 4 is 23.0 Å². The molecule has 156 valence electrons. The van der Waals surface area contributed by atoms with Crippen LogP contribution >= 0.6 is 0 Å². The summed E-state index contributed by atoms with van der Waals surface area (Å²) < 4.78 is 10.5. The number of nitrogens with zero attached hydrogens (tertiary/aromatic N) is 4. The first-order valence-electron chi connectivity index (χ1n) is 8.86. The van der Waals surface area contributed by atoms with Gasteiger partial charge in [-0.3, -0.25) is 25.0 Å². The Balaban J connectivity index is 1.97. The molecule has 0 saturated heterocycles. The Hall–Kier alpha value is -4.02. The fourth-order valence-corrected chi connectivity index (χ4v) is 3.17. The third kappa shape index (κ3) is 4.04. The van der Waals surface area contributed by atoms with E-state index in [-0.39, 0.29) is 24.4 Å². The molecular weight excluding hydrogens is 396 g/mol. The van der Waals surface area contributed by atoms with Crippen LogP contribution in [0, 0.1) is 20.2 Å². The highest BCUT2D eigenvalue weighted by Crippen LogP contribution is 2.33. The molecule has 0 radical (unpaired) electrons. The highest BCUT2D eigenvalue weighted by molar-refractivity contribution is 6.04. The van der Waals surface area contributed by atoms with Gasteiger partial charge in [0.2, 0.25) is 5.91 Å². The molecule has 0 fully saturated rings. The van der Waals surface area contributed by atoms with Gasteiger partial charge < -0.3 is 9.47 Å². The second-order valence-corrected chi connectivity index (χ2v) is 6.37. The molecule has 1 aliphatic rings. The van der Waals surface area contributed by atoms with Crippen molar-refractivity contribution in [2.24, 2.45) is 5.10 Å². The van der Waals surface area contributed by atoms with Gasteiger partial charge in [-0.25, -0.2) is 5.01 Å². The number of hydrazone groups is 1. The Labute approximate surface area is 170 Å². The maximum atomic E-state index is 12.4. The van der Waals surface area contributed by atoms with Crippen molar-refractivity contribution in [2.45, 2.75) is 19.4 Å². The normalized spacial score (nSPS) is 13.6. The number of benzene rings is 2. The molecule has 0 aromatic heterocycles. The zero-order valence-electron chi connectivity index (χ0n) is 16.2. The van der Waals surface area contributed by atoms with Crippen molar-refractivity contribution in [3.05, 3.63) is 67.8 Å². The number of carbonyl (C=O) groups is 1. The highest BCUT2D eigenvalue weighted by Gasteiger charge is 2.31. The fraction of sp³-hybridized carbons (Fsp3) is 0.263. The van der Waals surface area contributed by atoms with Crippen molar-refractivity contribution in [1.29, 1.82) is 0 Å². The molecule has 0 unspecified atom stereocenters. The second kappa shape index (κ2) is 8.55. The molecule has 0 atom stereocenters. The lowest BCUT2D eigenvalue weighted by Crippen LogP contribution is -2.31. The third-order valence-corrected chi connectivity index (χ3v) is 4.62. The van der Waals surface area contributed by atoms with Crippen LogP contribution < -0.4 is 9.47 Å². The van der Waals surface area contributed by atoms with Gasteiger partial charge >= 0.3 is 11.4 Å². The van der Waals surface area contributed by atoms with E-state index >= 15 is 0 Å². The molecule has 11 nitrogen and oxygen atoms in total. The minimum atomic E-state index is -0.821. The monoisotopic (exact) mass is 414 g/mol. The molecule has 2 aromatic rings. The first-order valence-corrected chi connectivity index (χ1v) is 8.86. The molecule has 0 bridgehead atoms. The van der Waals surface area contributed by atoms with Gasteiger partial charge in [-0.15, -0.1) is 0 Å². The van der Waals surface area contributed by atoms with E-state index in [2.05, 4.69) is 5.10 Å². The molecule has 1 aliphatic heterocycles. The van der Waals surface area contributed by atoms with E-state index in [9.17, 15) is 25.0 Å². The second-order valence-electron chi connectivity index (χ2n) is 6.37. The van der Waals surface area contributed by atoms with E-state index in [1.165, 1.54) is 26.4 Å². The lowest BCUT2D eigenvalue weighted by Gasteiger charge is -2.24. The summed E-state index contributed by atoms with van der Waals surface area (Å²) in [5.41, 5.74) is 0.0389. The first kappa shape index (κ1) is 20.7. The SMILES string of the molecule is COc1ccc(C2=NN(Cc3cccc([N+](=O)[O-])c3[N+](=O)[O-])C(=O)CC2)cc1OC. The Bertz CT molecular complexity index is 1050. The van der Waals surface area contributed by atoms with Crippen molar-refractivity contribution < 1.29 is 24.1 Å². The summed E-state index contributed by atoms with van der Waals surface area (Å²) in [4.78, 5) is 33.3. The number of para-hydroxylation sites is 1. The Morgan fingerprint density at radius 3 is 2.40 bits per heavy atom. The Morgan fingerprint density at radius 1 is 1.03 bits per heavy atom. The quantitative estimate of drug-likeness (QED) is 0.501. The number of nitro groups is 2. The Kier molecular flexibility index (Phi) is 5.90. The number of carbonyl (C=O) groups excluding carboxylic acids is 1. The maximum Gasteiger partial charge on any atom is 0.351 e. The number of rotatable bonds is 7. The van der Waals surface area contributed by atoms with Crippen LogP contribution in [0.3, 0.4) is 0 Å². The van der Waals surface area contributed by atoms with Crippen LogP contribution in [-0.2, 0) is 11.3 Å². The van der Waals surface area contributed by atoms with Crippen LogP contribution in [0.5, 0.6) is 11.5 Å². The molecule has 0 aliphatic carbocycles. The zero-order chi connectivity index (χ0) is 21.8. The van der Waals surface area contributed by atoms with Crippen molar-refractivity contribution in [2.75, 3.05) is 14.2 Å². The largest absolute Gasteiger partial charge is 0.493 e. The van der Waals surface area contributed by atoms with Crippen LogP contribution in [0.25, 0.3) is 0 Å². The van der Waals surface area contributed by atoms with Gasteiger partial charge in [0, 0.05) is 24.5 Å². The molecule has 30 heavy (non-hydrogen) atoms. The molecule has 0 saturated carbocycles. The van der Waals surface area contributed by atoms with Crippen LogP contribution in [0.2, 0.25) is 0 Å². The Morgan fingerprint density at radius 2 is 1.77 bits per heavy atom. The number of nitro benzene ring substituents is 2. The zero-order valence-corrected chi connectivity index (χ0v) is 16.2. The molecule has 1 heterocycles. The summed E-state index contributed by atoms with van der Waals surface area (Å²) >= 11 is 0. The van der Waals surface area contributed by atoms with Crippen LogP contribution in [0.15, 0.2) is 41.5 Å². The van der Waals surface area contributed by atoms with E-state index in [0.29, 0.717) is 29.2 Å². The van der Waals surface area contributed by atoms with Crippen molar-refractivity contribution in [1.82, 2.24) is 5.01 Å². The summed E-state index contributed by atoms with van der Waals surface area (Å²) in [6.45, 7) is -0.256. The van der Waals surface area contributed by atoms with Gasteiger partial charge in [-0.1, -0.05) is 6.07 Å². The minimum Gasteiger partial charge on any atom is -0.493 e. The minimum absolute atomic E-state index is 0.0276. The summed E-state index contributed by atoms with van der Waals surface area (Å²) in [6.07, 6.45) is 0.526. The maximum absolute atomic E-state index is 12.4. The summed E-state index contributed by atoms with van der Waals surface area (Å²) in [5, 5.41) is 28.0. The van der Waals surface area contributed by atoms with Gasteiger partial charge in [0.25, 0.3) is 0 Å². The number of ether oxygens (including phenoxy) is 2. The average Bonchev–Trinajstić information content (AvgIpc) is 2.74. The standard InChI is InChI=1S/C19H18N4O7/c1-29-16-8-6-12(10-17(16)30-2)14-7-9-18(24)21(20-14)11-13-4-3-5-15(22(25)26)19(13)23(27)28/h3-6,8,10H,7,9,11H2,1-2H3. The van der Waals surface area contributed by atoms with Gasteiger partial charge in [-0.05, 0) is 24.3 Å². The molecule has 2 aromatic carbocycles. The lowest BCUT2D eigenvalue weighted by atomic mass is 10.0. The smallest absolute Gasteiger partial charge is 0.351 e. The van der Waals surface area contributed by atoms with Gasteiger partial charge in [0.15, 0.2) is 11.5 Å². The summed E-state index contributed by atoms with van der Waals surface area (Å²) in [5.74, 6) is 0.702. The average molecular weight is 414 g/mol. The van der Waals surface area contributed by atoms with Crippen molar-refractivity contribution in [3.8, 4) is 11.5 Å². The molecule has 0 spiro atoms. The number of hydrogen-bond donors (Lipinski definition) is 0. The molecule has 0 N–H and O–H groups in total. The number of amides is 1. The van der Waals surface area contributed by atoms with Crippen LogP contribution in [0.4, 0.5) is 11.4 Å². The van der Waals surface area contributed by atoms with Gasteiger partial charge in [-0.2, -0.15) is 5.10 Å². The lowest BCUT2D eigenvalue weighted by molar-refractivity contribution is -0.423. The van der Waals surface area contributed by atoms with E-state index in [4.69, 9.17) is 9.47 Å². The third-order valence-electron chi connectivity index (χ3n) is 4.62. The van der Waals surface area contributed by atoms with Gasteiger partial charge in [0.05, 0.1) is 41.9 Å². The van der Waals surface area contributed by atoms with E-state index < -0.39 is 21.2 Å².